The van der Waals surface area contributed by atoms with E-state index in [4.69, 9.17) is 0 Å². The molecule has 4 heteroatoms. The molecule has 2 aromatic rings. The molecular weight excluding hydrogens is 202 g/mol. The highest BCUT2D eigenvalue weighted by molar-refractivity contribution is 5.74. The molecule has 0 aliphatic heterocycles. The van der Waals surface area contributed by atoms with Crippen LogP contribution >= 0.6 is 0 Å². The highest BCUT2D eigenvalue weighted by Gasteiger charge is 1.99. The number of hydrogen-bond donors (Lipinski definition) is 3. The summed E-state index contributed by atoms with van der Waals surface area (Å²) in [7, 11) is 0. The summed E-state index contributed by atoms with van der Waals surface area (Å²) in [5.74, 6) is 0. The van der Waals surface area contributed by atoms with E-state index in [1.54, 1.807) is 0 Å². The number of benzene rings is 1. The Morgan fingerprint density at radius 1 is 1.25 bits per heavy atom. The van der Waals surface area contributed by atoms with Gasteiger partial charge in [0, 0.05) is 0 Å². The van der Waals surface area contributed by atoms with Gasteiger partial charge in [0.25, 0.3) is 0 Å². The highest BCUT2D eigenvalue weighted by atomic mass is 16.1. The van der Waals surface area contributed by atoms with Crippen molar-refractivity contribution in [3.05, 3.63) is 34.2 Å². The Labute approximate surface area is 94.1 Å². The van der Waals surface area contributed by atoms with Crippen LogP contribution in [0.4, 0.5) is 0 Å². The van der Waals surface area contributed by atoms with Crippen molar-refractivity contribution in [3.63, 3.8) is 0 Å². The summed E-state index contributed by atoms with van der Waals surface area (Å²) in [4.78, 5) is 16.6. The third-order valence-corrected chi connectivity index (χ3v) is 2.65. The number of aromatic amines is 2. The number of imidazole rings is 1. The zero-order valence-electron chi connectivity index (χ0n) is 9.47. The minimum atomic E-state index is -0.139. The first-order valence-electron chi connectivity index (χ1n) is 5.71. The summed E-state index contributed by atoms with van der Waals surface area (Å²) in [6.45, 7) is 4.17. The van der Waals surface area contributed by atoms with Gasteiger partial charge < -0.3 is 15.3 Å². The second-order valence-corrected chi connectivity index (χ2v) is 3.92. The van der Waals surface area contributed by atoms with E-state index < -0.39 is 0 Å². The van der Waals surface area contributed by atoms with Crippen LogP contribution in [0.2, 0.25) is 0 Å². The summed E-state index contributed by atoms with van der Waals surface area (Å²) in [6.07, 6.45) is 2.16. The normalized spacial score (nSPS) is 11.1. The monoisotopic (exact) mass is 219 g/mol. The lowest BCUT2D eigenvalue weighted by molar-refractivity contribution is 0.673. The summed E-state index contributed by atoms with van der Waals surface area (Å²) in [5, 5.41) is 3.30. The fraction of sp³-hybridized carbons (Fsp3) is 0.417. The van der Waals surface area contributed by atoms with Crippen LogP contribution in [0, 0.1) is 0 Å². The lowest BCUT2D eigenvalue weighted by Gasteiger charge is -2.02. The molecule has 0 saturated carbocycles. The maximum absolute atomic E-state index is 11.1. The molecule has 0 bridgehead atoms. The molecule has 1 heterocycles. The zero-order valence-corrected chi connectivity index (χ0v) is 9.47. The van der Waals surface area contributed by atoms with Crippen LogP contribution in [0.5, 0.6) is 0 Å². The number of nitrogens with one attached hydrogen (secondary N) is 3. The van der Waals surface area contributed by atoms with Crippen molar-refractivity contribution in [1.82, 2.24) is 15.3 Å². The van der Waals surface area contributed by atoms with Crippen LogP contribution in [0.15, 0.2) is 23.0 Å². The third-order valence-electron chi connectivity index (χ3n) is 2.65. The first-order valence-corrected chi connectivity index (χ1v) is 5.71. The van der Waals surface area contributed by atoms with Crippen molar-refractivity contribution >= 4 is 11.0 Å². The number of aromatic nitrogens is 2. The van der Waals surface area contributed by atoms with E-state index in [0.717, 1.165) is 37.0 Å². The van der Waals surface area contributed by atoms with Crippen molar-refractivity contribution in [2.45, 2.75) is 19.8 Å². The molecule has 16 heavy (non-hydrogen) atoms. The predicted molar refractivity (Wildman–Crippen MR) is 65.8 cm³/mol. The van der Waals surface area contributed by atoms with Crippen LogP contribution in [0.25, 0.3) is 11.0 Å². The molecule has 0 fully saturated rings. The van der Waals surface area contributed by atoms with Crippen LogP contribution in [-0.4, -0.2) is 23.1 Å². The first-order chi connectivity index (χ1) is 7.79. The van der Waals surface area contributed by atoms with Crippen molar-refractivity contribution < 1.29 is 0 Å². The van der Waals surface area contributed by atoms with Gasteiger partial charge in [-0.3, -0.25) is 0 Å². The number of fused-ring (bicyclic) bond motifs is 1. The number of H-pyrrole nitrogens is 2. The average Bonchev–Trinajstić information content (AvgIpc) is 2.64. The van der Waals surface area contributed by atoms with Crippen LogP contribution in [0.3, 0.4) is 0 Å². The fourth-order valence-corrected chi connectivity index (χ4v) is 1.83. The smallest absolute Gasteiger partial charge is 0.317 e. The van der Waals surface area contributed by atoms with Crippen molar-refractivity contribution in [2.24, 2.45) is 0 Å². The van der Waals surface area contributed by atoms with Crippen LogP contribution in [0.1, 0.15) is 18.9 Å². The summed E-state index contributed by atoms with van der Waals surface area (Å²) in [5.41, 5.74) is 2.90. The molecule has 3 N–H and O–H groups in total. The van der Waals surface area contributed by atoms with Gasteiger partial charge in [0.15, 0.2) is 0 Å². The van der Waals surface area contributed by atoms with Gasteiger partial charge in [0.05, 0.1) is 11.0 Å². The Kier molecular flexibility index (Phi) is 3.41. The SMILES string of the molecule is CCNCCCc1ccc2[nH]c(=O)[nH]c2c1. The maximum Gasteiger partial charge on any atom is 0.323 e. The van der Waals surface area contributed by atoms with Gasteiger partial charge in [0.1, 0.15) is 0 Å². The lowest BCUT2D eigenvalue weighted by atomic mass is 10.1. The minimum absolute atomic E-state index is 0.139. The number of aryl methyl sites for hydroxylation is 1. The molecule has 0 unspecified atom stereocenters. The molecule has 0 atom stereocenters. The highest BCUT2D eigenvalue weighted by Crippen LogP contribution is 2.11. The molecule has 0 saturated heterocycles. The van der Waals surface area contributed by atoms with Crippen LogP contribution < -0.4 is 11.0 Å². The standard InChI is InChI=1S/C12H17N3O/c1-2-13-7-3-4-9-5-6-10-11(8-9)15-12(16)14-10/h5-6,8,13H,2-4,7H2,1H3,(H2,14,15,16). The molecule has 0 radical (unpaired) electrons. The van der Waals surface area contributed by atoms with Crippen molar-refractivity contribution in [1.29, 1.82) is 0 Å². The van der Waals surface area contributed by atoms with E-state index in [0.29, 0.717) is 0 Å². The van der Waals surface area contributed by atoms with Gasteiger partial charge in [-0.05, 0) is 43.6 Å². The second kappa shape index (κ2) is 4.99. The van der Waals surface area contributed by atoms with Gasteiger partial charge in [-0.15, -0.1) is 0 Å². The zero-order chi connectivity index (χ0) is 11.4. The average molecular weight is 219 g/mol. The second-order valence-electron chi connectivity index (χ2n) is 3.92. The molecule has 0 spiro atoms. The molecule has 86 valence electrons. The topological polar surface area (TPSA) is 60.7 Å². The van der Waals surface area contributed by atoms with Gasteiger partial charge in [-0.2, -0.15) is 0 Å². The summed E-state index contributed by atoms with van der Waals surface area (Å²) in [6, 6.07) is 6.06. The van der Waals surface area contributed by atoms with E-state index >= 15 is 0 Å². The van der Waals surface area contributed by atoms with E-state index in [2.05, 4.69) is 28.3 Å². The lowest BCUT2D eigenvalue weighted by Crippen LogP contribution is -2.14. The largest absolute Gasteiger partial charge is 0.323 e. The Hall–Kier alpha value is -1.55. The number of hydrogen-bond acceptors (Lipinski definition) is 2. The quantitative estimate of drug-likeness (QED) is 0.666. The maximum atomic E-state index is 11.1. The van der Waals surface area contributed by atoms with Gasteiger partial charge >= 0.3 is 5.69 Å². The van der Waals surface area contributed by atoms with E-state index in [9.17, 15) is 4.79 Å². The molecule has 0 aliphatic carbocycles. The Morgan fingerprint density at radius 3 is 2.88 bits per heavy atom. The summed E-state index contributed by atoms with van der Waals surface area (Å²) < 4.78 is 0. The van der Waals surface area contributed by atoms with Crippen LogP contribution in [-0.2, 0) is 6.42 Å². The molecular formula is C12H17N3O. The van der Waals surface area contributed by atoms with E-state index in [1.165, 1.54) is 5.56 Å². The Bertz CT molecular complexity index is 512. The minimum Gasteiger partial charge on any atom is -0.317 e. The first kappa shape index (κ1) is 11.0. The number of rotatable bonds is 5. The van der Waals surface area contributed by atoms with E-state index in [-0.39, 0.29) is 5.69 Å². The van der Waals surface area contributed by atoms with Gasteiger partial charge in [-0.1, -0.05) is 13.0 Å². The summed E-state index contributed by atoms with van der Waals surface area (Å²) >= 11 is 0. The Morgan fingerprint density at radius 2 is 2.06 bits per heavy atom. The molecule has 1 aromatic carbocycles. The van der Waals surface area contributed by atoms with Crippen molar-refractivity contribution in [3.8, 4) is 0 Å². The predicted octanol–water partition coefficient (Wildman–Crippen LogP) is 1.40. The third kappa shape index (κ3) is 2.52. The molecule has 1 aromatic heterocycles. The van der Waals surface area contributed by atoms with Crippen molar-refractivity contribution in [2.75, 3.05) is 13.1 Å². The van der Waals surface area contributed by atoms with Gasteiger partial charge in [-0.25, -0.2) is 4.79 Å². The Balaban J connectivity index is 2.04. The molecule has 0 amide bonds. The van der Waals surface area contributed by atoms with Gasteiger partial charge in [0.2, 0.25) is 0 Å². The van der Waals surface area contributed by atoms with E-state index in [1.807, 2.05) is 12.1 Å². The molecule has 0 aliphatic rings. The fourth-order valence-electron chi connectivity index (χ4n) is 1.83. The molecule has 4 nitrogen and oxygen atoms in total. The molecule has 2 rings (SSSR count).